The van der Waals surface area contributed by atoms with Crippen LogP contribution in [0.5, 0.6) is 11.5 Å². The number of aryl methyl sites for hydroxylation is 1. The molecule has 1 amide bonds. The van der Waals surface area contributed by atoms with Crippen molar-refractivity contribution < 1.29 is 18.8 Å². The molecule has 0 atom stereocenters. The van der Waals surface area contributed by atoms with Crippen LogP contribution in [0.15, 0.2) is 47.0 Å². The van der Waals surface area contributed by atoms with Crippen LogP contribution in [0.1, 0.15) is 44.2 Å². The molecule has 0 N–H and O–H groups in total. The molecule has 3 aromatic rings. The third-order valence-corrected chi connectivity index (χ3v) is 5.53. The Bertz CT molecular complexity index is 1080. The van der Waals surface area contributed by atoms with Gasteiger partial charge in [-0.1, -0.05) is 61.8 Å². The van der Waals surface area contributed by atoms with Crippen molar-refractivity contribution in [3.8, 4) is 22.9 Å². The molecule has 0 aliphatic rings. The van der Waals surface area contributed by atoms with Crippen LogP contribution in [0, 0.1) is 12.3 Å². The van der Waals surface area contributed by atoms with Crippen LogP contribution in [-0.4, -0.2) is 48.3 Å². The molecule has 2 aromatic carbocycles. The maximum atomic E-state index is 13.1. The Morgan fingerprint density at radius 3 is 2.29 bits per heavy atom. The molecule has 34 heavy (non-hydrogen) atoms. The second-order valence-electron chi connectivity index (χ2n) is 9.69. The zero-order valence-electron chi connectivity index (χ0n) is 21.1. The summed E-state index contributed by atoms with van der Waals surface area (Å²) in [6.07, 6.45) is 1.67. The average molecular weight is 466 g/mol. The molecule has 0 radical (unpaired) electrons. The van der Waals surface area contributed by atoms with Crippen LogP contribution < -0.4 is 9.47 Å². The Hall–Kier alpha value is -3.35. The molecule has 1 aromatic heterocycles. The molecule has 7 nitrogen and oxygen atoms in total. The van der Waals surface area contributed by atoms with Crippen LogP contribution in [0.2, 0.25) is 0 Å². The SMILES string of the molecule is COc1ccc(CCN(CCc2nc(-c3ccc(C)cc3)no2)C(=O)CC(C)(C)C)cc1OC. The number of aromatic nitrogens is 2. The molecule has 7 heteroatoms. The monoisotopic (exact) mass is 465 g/mol. The second kappa shape index (κ2) is 11.2. The van der Waals surface area contributed by atoms with Crippen molar-refractivity contribution in [2.24, 2.45) is 5.41 Å². The lowest BCUT2D eigenvalue weighted by atomic mass is 9.91. The van der Waals surface area contributed by atoms with Gasteiger partial charge in [-0.3, -0.25) is 4.79 Å². The highest BCUT2D eigenvalue weighted by Gasteiger charge is 2.22. The van der Waals surface area contributed by atoms with Gasteiger partial charge in [-0.05, 0) is 36.5 Å². The van der Waals surface area contributed by atoms with Crippen LogP contribution in [-0.2, 0) is 17.6 Å². The van der Waals surface area contributed by atoms with Gasteiger partial charge >= 0.3 is 0 Å². The summed E-state index contributed by atoms with van der Waals surface area (Å²) in [6.45, 7) is 9.35. The molecule has 0 saturated heterocycles. The molecule has 0 saturated carbocycles. The summed E-state index contributed by atoms with van der Waals surface area (Å²) in [6, 6.07) is 13.8. The molecule has 3 rings (SSSR count). The molecule has 0 unspecified atom stereocenters. The summed E-state index contributed by atoms with van der Waals surface area (Å²) in [4.78, 5) is 19.5. The van der Waals surface area contributed by atoms with Gasteiger partial charge in [-0.15, -0.1) is 0 Å². The molecular weight excluding hydrogens is 430 g/mol. The van der Waals surface area contributed by atoms with Crippen LogP contribution in [0.4, 0.5) is 0 Å². The van der Waals surface area contributed by atoms with Crippen LogP contribution in [0.25, 0.3) is 11.4 Å². The lowest BCUT2D eigenvalue weighted by Crippen LogP contribution is -2.36. The predicted octanol–water partition coefficient (Wildman–Crippen LogP) is 5.11. The highest BCUT2D eigenvalue weighted by atomic mass is 16.5. The van der Waals surface area contributed by atoms with Gasteiger partial charge in [-0.25, -0.2) is 0 Å². The molecule has 1 heterocycles. The van der Waals surface area contributed by atoms with Crippen molar-refractivity contribution in [1.82, 2.24) is 15.0 Å². The fourth-order valence-corrected chi connectivity index (χ4v) is 3.63. The molecule has 0 bridgehead atoms. The number of rotatable bonds is 10. The largest absolute Gasteiger partial charge is 0.493 e. The van der Waals surface area contributed by atoms with Crippen molar-refractivity contribution in [1.29, 1.82) is 0 Å². The number of amides is 1. The van der Waals surface area contributed by atoms with E-state index in [1.807, 2.05) is 54.3 Å². The minimum absolute atomic E-state index is 0.0955. The maximum Gasteiger partial charge on any atom is 0.228 e. The number of benzene rings is 2. The Labute approximate surface area is 202 Å². The third kappa shape index (κ3) is 7.07. The quantitative estimate of drug-likeness (QED) is 0.414. The van der Waals surface area contributed by atoms with E-state index < -0.39 is 0 Å². The molecule has 0 aliphatic heterocycles. The number of ether oxygens (including phenoxy) is 2. The van der Waals surface area contributed by atoms with Gasteiger partial charge in [0.25, 0.3) is 0 Å². The van der Waals surface area contributed by atoms with E-state index in [-0.39, 0.29) is 11.3 Å². The Morgan fingerprint density at radius 2 is 1.65 bits per heavy atom. The minimum atomic E-state index is -0.0955. The van der Waals surface area contributed by atoms with Crippen molar-refractivity contribution in [3.05, 3.63) is 59.5 Å². The van der Waals surface area contributed by atoms with Gasteiger partial charge in [0.1, 0.15) is 0 Å². The Kier molecular flexibility index (Phi) is 8.31. The average Bonchev–Trinajstić information content (AvgIpc) is 3.27. The summed E-state index contributed by atoms with van der Waals surface area (Å²) in [5.41, 5.74) is 3.07. The zero-order chi connectivity index (χ0) is 24.7. The summed E-state index contributed by atoms with van der Waals surface area (Å²) in [5.74, 6) is 2.57. The van der Waals surface area contributed by atoms with Gasteiger partial charge in [-0.2, -0.15) is 4.98 Å². The molecule has 182 valence electrons. The summed E-state index contributed by atoms with van der Waals surface area (Å²) in [5, 5.41) is 4.11. The molecular formula is C27H35N3O4. The number of carbonyl (C=O) groups excluding carboxylic acids is 1. The first-order valence-electron chi connectivity index (χ1n) is 11.6. The molecule has 0 fully saturated rings. The van der Waals surface area contributed by atoms with Gasteiger partial charge in [0, 0.05) is 31.5 Å². The van der Waals surface area contributed by atoms with Gasteiger partial charge in [0.2, 0.25) is 17.6 Å². The van der Waals surface area contributed by atoms with E-state index in [1.165, 1.54) is 5.56 Å². The normalized spacial score (nSPS) is 11.4. The highest BCUT2D eigenvalue weighted by Crippen LogP contribution is 2.28. The first-order valence-corrected chi connectivity index (χ1v) is 11.6. The van der Waals surface area contributed by atoms with Gasteiger partial charge < -0.3 is 18.9 Å². The molecule has 0 spiro atoms. The number of carbonyl (C=O) groups is 1. The van der Waals surface area contributed by atoms with Gasteiger partial charge in [0.15, 0.2) is 11.5 Å². The van der Waals surface area contributed by atoms with E-state index in [0.29, 0.717) is 55.6 Å². The maximum absolute atomic E-state index is 13.1. The number of methoxy groups -OCH3 is 2. The first kappa shape index (κ1) is 25.3. The van der Waals surface area contributed by atoms with E-state index in [1.54, 1.807) is 14.2 Å². The van der Waals surface area contributed by atoms with Crippen LogP contribution >= 0.6 is 0 Å². The lowest BCUT2D eigenvalue weighted by Gasteiger charge is -2.26. The summed E-state index contributed by atoms with van der Waals surface area (Å²) in [7, 11) is 3.24. The van der Waals surface area contributed by atoms with Crippen molar-refractivity contribution in [3.63, 3.8) is 0 Å². The van der Waals surface area contributed by atoms with Crippen LogP contribution in [0.3, 0.4) is 0 Å². The van der Waals surface area contributed by atoms with Crippen molar-refractivity contribution in [2.75, 3.05) is 27.3 Å². The number of nitrogens with zero attached hydrogens (tertiary/aromatic N) is 3. The first-order chi connectivity index (χ1) is 16.2. The van der Waals surface area contributed by atoms with E-state index in [0.717, 1.165) is 11.1 Å². The van der Waals surface area contributed by atoms with E-state index in [9.17, 15) is 4.79 Å². The second-order valence-corrected chi connectivity index (χ2v) is 9.69. The molecule has 0 aliphatic carbocycles. The summed E-state index contributed by atoms with van der Waals surface area (Å²) >= 11 is 0. The number of hydrogen-bond acceptors (Lipinski definition) is 6. The van der Waals surface area contributed by atoms with E-state index in [2.05, 4.69) is 30.9 Å². The zero-order valence-corrected chi connectivity index (χ0v) is 21.1. The van der Waals surface area contributed by atoms with Crippen molar-refractivity contribution >= 4 is 5.91 Å². The fraction of sp³-hybridized carbons (Fsp3) is 0.444. The summed E-state index contributed by atoms with van der Waals surface area (Å²) < 4.78 is 16.2. The fourth-order valence-electron chi connectivity index (χ4n) is 3.63. The Balaban J connectivity index is 1.68. The standard InChI is InChI=1S/C27H35N3O4/c1-19-7-10-21(11-8-19)26-28-24(34-29-26)14-16-30(25(31)18-27(2,3)4)15-13-20-9-12-22(32-5)23(17-20)33-6/h7-12,17H,13-16,18H2,1-6H3. The minimum Gasteiger partial charge on any atom is -0.493 e. The smallest absolute Gasteiger partial charge is 0.228 e. The van der Waals surface area contributed by atoms with Gasteiger partial charge in [0.05, 0.1) is 14.2 Å². The highest BCUT2D eigenvalue weighted by molar-refractivity contribution is 5.76. The van der Waals surface area contributed by atoms with E-state index in [4.69, 9.17) is 14.0 Å². The topological polar surface area (TPSA) is 77.7 Å². The Morgan fingerprint density at radius 1 is 0.971 bits per heavy atom. The lowest BCUT2D eigenvalue weighted by molar-refractivity contribution is -0.133. The third-order valence-electron chi connectivity index (χ3n) is 5.53. The van der Waals surface area contributed by atoms with Crippen molar-refractivity contribution in [2.45, 2.75) is 47.0 Å². The predicted molar refractivity (Wildman–Crippen MR) is 132 cm³/mol. The van der Waals surface area contributed by atoms with E-state index >= 15 is 0 Å². The number of hydrogen-bond donors (Lipinski definition) is 0.